The van der Waals surface area contributed by atoms with E-state index in [-0.39, 0.29) is 0 Å². The van der Waals surface area contributed by atoms with Gasteiger partial charge in [0.05, 0.1) is 5.69 Å². The van der Waals surface area contributed by atoms with E-state index in [4.69, 9.17) is 5.73 Å². The van der Waals surface area contributed by atoms with Crippen LogP contribution in [0.5, 0.6) is 0 Å². The third-order valence-electron chi connectivity index (χ3n) is 3.65. The van der Waals surface area contributed by atoms with Gasteiger partial charge in [0, 0.05) is 24.7 Å². The van der Waals surface area contributed by atoms with Gasteiger partial charge in [0.2, 0.25) is 0 Å². The second-order valence-corrected chi connectivity index (χ2v) is 5.17. The summed E-state index contributed by atoms with van der Waals surface area (Å²) in [4.78, 5) is 10.4. The molecule has 0 amide bonds. The Morgan fingerprint density at radius 1 is 0.952 bits per heavy atom. The van der Waals surface area contributed by atoms with Crippen LogP contribution in [0.2, 0.25) is 0 Å². The van der Waals surface area contributed by atoms with Gasteiger partial charge in [-0.3, -0.25) is 0 Å². The number of rotatable bonds is 2. The maximum Gasteiger partial charge on any atom is 0.155 e. The van der Waals surface area contributed by atoms with E-state index in [2.05, 4.69) is 14.9 Å². The third-order valence-corrected chi connectivity index (χ3v) is 3.65. The number of benzene rings is 1. The number of hydrogen-bond acceptors (Lipinski definition) is 4. The van der Waals surface area contributed by atoms with E-state index in [0.717, 1.165) is 32.0 Å². The van der Waals surface area contributed by atoms with E-state index in [1.807, 2.05) is 0 Å². The summed E-state index contributed by atoms with van der Waals surface area (Å²) in [6.45, 7) is 1.77. The quantitative estimate of drug-likeness (QED) is 0.923. The second kappa shape index (κ2) is 5.63. The van der Waals surface area contributed by atoms with Gasteiger partial charge in [-0.15, -0.1) is 0 Å². The van der Waals surface area contributed by atoms with Crippen LogP contribution in [0, 0.1) is 11.6 Å². The van der Waals surface area contributed by atoms with Crippen molar-refractivity contribution in [2.45, 2.75) is 19.3 Å². The summed E-state index contributed by atoms with van der Waals surface area (Å²) in [6, 6.07) is 3.27. The average molecular weight is 290 g/mol. The fraction of sp³-hybridized carbons (Fsp3) is 0.333. The number of nitrogens with two attached hydrogens (primary N) is 1. The molecule has 0 unspecified atom stereocenters. The van der Waals surface area contributed by atoms with Crippen molar-refractivity contribution < 1.29 is 8.78 Å². The van der Waals surface area contributed by atoms with Crippen molar-refractivity contribution in [3.8, 4) is 11.3 Å². The van der Waals surface area contributed by atoms with Gasteiger partial charge in [0.15, 0.2) is 5.82 Å². The summed E-state index contributed by atoms with van der Waals surface area (Å²) < 4.78 is 26.7. The Labute approximate surface area is 121 Å². The van der Waals surface area contributed by atoms with Gasteiger partial charge in [0.25, 0.3) is 0 Å². The summed E-state index contributed by atoms with van der Waals surface area (Å²) in [6.07, 6.45) is 4.77. The predicted octanol–water partition coefficient (Wildman–Crippen LogP) is 2.99. The molecule has 1 saturated heterocycles. The Hall–Kier alpha value is -2.24. The maximum atomic E-state index is 13.4. The number of hydrogen-bond donors (Lipinski definition) is 1. The van der Waals surface area contributed by atoms with Gasteiger partial charge in [-0.2, -0.15) is 0 Å². The number of nitrogens with zero attached hydrogens (tertiary/aromatic N) is 3. The summed E-state index contributed by atoms with van der Waals surface area (Å²) in [7, 11) is 0. The Morgan fingerprint density at radius 2 is 1.62 bits per heavy atom. The standard InChI is InChI=1S/C15H16F2N4/c16-11-6-10(7-12(17)8-11)14-13(18)15(20-9-19-14)21-4-2-1-3-5-21/h6-9H,1-5,18H2. The molecule has 0 radical (unpaired) electrons. The molecule has 2 aromatic rings. The molecule has 1 aromatic carbocycles. The lowest BCUT2D eigenvalue weighted by atomic mass is 10.1. The molecule has 110 valence electrons. The third kappa shape index (κ3) is 2.79. The molecule has 0 spiro atoms. The molecule has 0 atom stereocenters. The zero-order valence-electron chi connectivity index (χ0n) is 11.5. The smallest absolute Gasteiger partial charge is 0.155 e. The number of anilines is 2. The molecule has 4 nitrogen and oxygen atoms in total. The zero-order valence-corrected chi connectivity index (χ0v) is 11.5. The van der Waals surface area contributed by atoms with E-state index < -0.39 is 11.6 Å². The summed E-state index contributed by atoms with van der Waals surface area (Å²) >= 11 is 0. The van der Waals surface area contributed by atoms with Crippen LogP contribution in [0.4, 0.5) is 20.3 Å². The number of halogens is 2. The minimum absolute atomic E-state index is 0.325. The van der Waals surface area contributed by atoms with Crippen LogP contribution in [-0.4, -0.2) is 23.1 Å². The van der Waals surface area contributed by atoms with Crippen molar-refractivity contribution in [1.82, 2.24) is 9.97 Å². The molecular weight excluding hydrogens is 274 g/mol. The highest BCUT2D eigenvalue weighted by Gasteiger charge is 2.18. The summed E-state index contributed by atoms with van der Waals surface area (Å²) in [5.74, 6) is -0.658. The molecule has 0 aliphatic carbocycles. The van der Waals surface area contributed by atoms with E-state index in [1.54, 1.807) is 0 Å². The summed E-state index contributed by atoms with van der Waals surface area (Å²) in [5.41, 5.74) is 7.19. The van der Waals surface area contributed by atoms with Gasteiger partial charge in [-0.1, -0.05) is 0 Å². The van der Waals surface area contributed by atoms with Crippen molar-refractivity contribution in [2.75, 3.05) is 23.7 Å². The highest BCUT2D eigenvalue weighted by Crippen LogP contribution is 2.32. The zero-order chi connectivity index (χ0) is 14.8. The van der Waals surface area contributed by atoms with Crippen LogP contribution in [0.15, 0.2) is 24.5 Å². The van der Waals surface area contributed by atoms with E-state index in [9.17, 15) is 8.78 Å². The normalized spacial score (nSPS) is 15.2. The van der Waals surface area contributed by atoms with Crippen molar-refractivity contribution in [3.05, 3.63) is 36.2 Å². The molecule has 3 rings (SSSR count). The molecule has 1 aromatic heterocycles. The Balaban J connectivity index is 2.03. The minimum Gasteiger partial charge on any atom is -0.394 e. The first-order valence-electron chi connectivity index (χ1n) is 6.97. The van der Waals surface area contributed by atoms with Gasteiger partial charge in [-0.05, 0) is 31.4 Å². The predicted molar refractivity (Wildman–Crippen MR) is 77.9 cm³/mol. The molecule has 21 heavy (non-hydrogen) atoms. The fourth-order valence-corrected chi connectivity index (χ4v) is 2.66. The van der Waals surface area contributed by atoms with Crippen LogP contribution in [-0.2, 0) is 0 Å². The molecule has 2 N–H and O–H groups in total. The van der Waals surface area contributed by atoms with E-state index in [1.165, 1.54) is 24.9 Å². The van der Waals surface area contributed by atoms with Crippen LogP contribution >= 0.6 is 0 Å². The van der Waals surface area contributed by atoms with Crippen molar-refractivity contribution in [1.29, 1.82) is 0 Å². The molecule has 6 heteroatoms. The Morgan fingerprint density at radius 3 is 2.29 bits per heavy atom. The first-order chi connectivity index (χ1) is 10.1. The molecular formula is C15H16F2N4. The maximum absolute atomic E-state index is 13.4. The van der Waals surface area contributed by atoms with Crippen molar-refractivity contribution in [3.63, 3.8) is 0 Å². The van der Waals surface area contributed by atoms with E-state index >= 15 is 0 Å². The molecule has 2 heterocycles. The minimum atomic E-state index is -0.650. The topological polar surface area (TPSA) is 55.0 Å². The number of aromatic nitrogens is 2. The van der Waals surface area contributed by atoms with Gasteiger partial charge < -0.3 is 10.6 Å². The van der Waals surface area contributed by atoms with Crippen LogP contribution in [0.25, 0.3) is 11.3 Å². The lowest BCUT2D eigenvalue weighted by Gasteiger charge is -2.28. The first kappa shape index (κ1) is 13.7. The molecule has 0 bridgehead atoms. The highest BCUT2D eigenvalue weighted by atomic mass is 19.1. The molecule has 1 aliphatic heterocycles. The SMILES string of the molecule is Nc1c(-c2cc(F)cc(F)c2)ncnc1N1CCCCC1. The first-order valence-corrected chi connectivity index (χ1v) is 6.97. The second-order valence-electron chi connectivity index (χ2n) is 5.17. The van der Waals surface area contributed by atoms with Crippen LogP contribution < -0.4 is 10.6 Å². The van der Waals surface area contributed by atoms with Crippen LogP contribution in [0.3, 0.4) is 0 Å². The molecule has 1 fully saturated rings. The van der Waals surface area contributed by atoms with Crippen molar-refractivity contribution >= 4 is 11.5 Å². The largest absolute Gasteiger partial charge is 0.394 e. The Kier molecular flexibility index (Phi) is 3.68. The lowest BCUT2D eigenvalue weighted by molar-refractivity contribution is 0.573. The van der Waals surface area contributed by atoms with Gasteiger partial charge in [0.1, 0.15) is 23.6 Å². The van der Waals surface area contributed by atoms with Crippen LogP contribution in [0.1, 0.15) is 19.3 Å². The molecule has 1 aliphatic rings. The fourth-order valence-electron chi connectivity index (χ4n) is 2.66. The highest BCUT2D eigenvalue weighted by molar-refractivity contribution is 5.80. The lowest BCUT2D eigenvalue weighted by Crippen LogP contribution is -2.31. The number of nitrogen functional groups attached to an aromatic ring is 1. The average Bonchev–Trinajstić information content (AvgIpc) is 2.47. The molecule has 0 saturated carbocycles. The van der Waals surface area contributed by atoms with Crippen molar-refractivity contribution in [2.24, 2.45) is 0 Å². The monoisotopic (exact) mass is 290 g/mol. The van der Waals surface area contributed by atoms with Gasteiger partial charge in [-0.25, -0.2) is 18.7 Å². The number of piperidine rings is 1. The Bertz CT molecular complexity index is 634. The van der Waals surface area contributed by atoms with Gasteiger partial charge >= 0.3 is 0 Å². The summed E-state index contributed by atoms with van der Waals surface area (Å²) in [5, 5.41) is 0. The van der Waals surface area contributed by atoms with E-state index in [0.29, 0.717) is 22.8 Å².